The minimum absolute atomic E-state index is 0.0217. The highest BCUT2D eigenvalue weighted by atomic mass is 16.6. The smallest absolute Gasteiger partial charge is 0.411 e. The number of amides is 1. The van der Waals surface area contributed by atoms with Crippen molar-refractivity contribution >= 4 is 12.1 Å². The van der Waals surface area contributed by atoms with E-state index in [0.717, 1.165) is 0 Å². The third-order valence-electron chi connectivity index (χ3n) is 4.31. The average molecular weight is 378 g/mol. The van der Waals surface area contributed by atoms with Gasteiger partial charge in [-0.15, -0.1) is 0 Å². The molecule has 8 nitrogen and oxygen atoms in total. The summed E-state index contributed by atoms with van der Waals surface area (Å²) in [5, 5.41) is 11.1. The predicted octanol–water partition coefficient (Wildman–Crippen LogP) is 3.02. The second-order valence-corrected chi connectivity index (χ2v) is 7.86. The van der Waals surface area contributed by atoms with Crippen LogP contribution in [0, 0.1) is 10.1 Å². The molecule has 1 heterocycles. The van der Waals surface area contributed by atoms with Crippen LogP contribution in [-0.4, -0.2) is 52.2 Å². The van der Waals surface area contributed by atoms with Crippen molar-refractivity contribution in [2.75, 3.05) is 13.2 Å². The first kappa shape index (κ1) is 20.7. The van der Waals surface area contributed by atoms with Crippen LogP contribution in [0.4, 0.5) is 4.79 Å². The summed E-state index contributed by atoms with van der Waals surface area (Å²) in [5.74, 6) is -0.502. The van der Waals surface area contributed by atoms with Crippen LogP contribution in [0.2, 0.25) is 0 Å². The Kier molecular flexibility index (Phi) is 6.08. The fourth-order valence-electron chi connectivity index (χ4n) is 2.77. The molecule has 0 aromatic carbocycles. The predicted molar refractivity (Wildman–Crippen MR) is 98.7 cm³/mol. The largest absolute Gasteiger partial charge is 0.459 e. The maximum Gasteiger partial charge on any atom is 0.411 e. The summed E-state index contributed by atoms with van der Waals surface area (Å²) in [6, 6.07) is -0.671. The number of likely N-dealkylation sites (tertiary alicyclic amines) is 1. The van der Waals surface area contributed by atoms with Crippen LogP contribution in [0.3, 0.4) is 0 Å². The Morgan fingerprint density at radius 1 is 1.37 bits per heavy atom. The first-order valence-electron chi connectivity index (χ1n) is 8.90. The monoisotopic (exact) mass is 378 g/mol. The van der Waals surface area contributed by atoms with Crippen LogP contribution in [0.1, 0.15) is 40.5 Å². The average Bonchev–Trinajstić information content (AvgIpc) is 2.96. The van der Waals surface area contributed by atoms with Gasteiger partial charge in [0.25, 0.3) is 5.54 Å². The zero-order valence-corrected chi connectivity index (χ0v) is 16.1. The van der Waals surface area contributed by atoms with Gasteiger partial charge in [-0.05, 0) is 51.3 Å². The van der Waals surface area contributed by atoms with Crippen LogP contribution in [-0.2, 0) is 14.3 Å². The van der Waals surface area contributed by atoms with Gasteiger partial charge >= 0.3 is 12.1 Å². The SMILES string of the molecule is CC(C)(C)OC(=O)N1CCCC1C(=O)OCC1=CC=CC(C)([N+](=O)[O-])C=C1. The van der Waals surface area contributed by atoms with Gasteiger partial charge in [0.05, 0.1) is 0 Å². The van der Waals surface area contributed by atoms with E-state index in [1.807, 2.05) is 0 Å². The van der Waals surface area contributed by atoms with Gasteiger partial charge in [0.15, 0.2) is 0 Å². The summed E-state index contributed by atoms with van der Waals surface area (Å²) in [7, 11) is 0. The van der Waals surface area contributed by atoms with Crippen LogP contribution in [0.15, 0.2) is 36.0 Å². The Hall–Kier alpha value is -2.64. The highest BCUT2D eigenvalue weighted by molar-refractivity contribution is 5.82. The second-order valence-electron chi connectivity index (χ2n) is 7.86. The van der Waals surface area contributed by atoms with Gasteiger partial charge in [0, 0.05) is 18.4 Å². The minimum Gasteiger partial charge on any atom is -0.459 e. The van der Waals surface area contributed by atoms with E-state index in [2.05, 4.69) is 0 Å². The Bertz CT molecular complexity index is 703. The van der Waals surface area contributed by atoms with E-state index in [4.69, 9.17) is 9.47 Å². The molecule has 27 heavy (non-hydrogen) atoms. The zero-order chi connectivity index (χ0) is 20.2. The molecule has 0 bridgehead atoms. The van der Waals surface area contributed by atoms with Gasteiger partial charge in [-0.3, -0.25) is 15.0 Å². The van der Waals surface area contributed by atoms with E-state index >= 15 is 0 Å². The molecule has 1 saturated heterocycles. The molecule has 2 aliphatic rings. The van der Waals surface area contributed by atoms with Gasteiger partial charge < -0.3 is 9.47 Å². The lowest BCUT2D eigenvalue weighted by atomic mass is 10.0. The molecule has 2 unspecified atom stereocenters. The van der Waals surface area contributed by atoms with Crippen molar-refractivity contribution in [3.05, 3.63) is 46.1 Å². The highest BCUT2D eigenvalue weighted by Crippen LogP contribution is 2.23. The minimum atomic E-state index is -1.29. The molecule has 8 heteroatoms. The molecular formula is C19H26N2O6. The zero-order valence-electron chi connectivity index (χ0n) is 16.1. The summed E-state index contributed by atoms with van der Waals surface area (Å²) >= 11 is 0. The lowest BCUT2D eigenvalue weighted by Gasteiger charge is -2.27. The Morgan fingerprint density at radius 2 is 2.07 bits per heavy atom. The fraction of sp³-hybridized carbons (Fsp3) is 0.579. The van der Waals surface area contributed by atoms with Crippen molar-refractivity contribution in [2.24, 2.45) is 0 Å². The van der Waals surface area contributed by atoms with Gasteiger partial charge in [0.2, 0.25) is 0 Å². The molecule has 0 N–H and O–H groups in total. The number of ether oxygens (including phenoxy) is 2. The van der Waals surface area contributed by atoms with Crippen molar-refractivity contribution in [3.8, 4) is 0 Å². The highest BCUT2D eigenvalue weighted by Gasteiger charge is 2.37. The van der Waals surface area contributed by atoms with Gasteiger partial charge in [-0.1, -0.05) is 18.2 Å². The number of carbonyl (C=O) groups excluding carboxylic acids is 2. The summed E-state index contributed by atoms with van der Waals surface area (Å²) in [6.45, 7) is 7.22. The fourth-order valence-corrected chi connectivity index (χ4v) is 2.77. The molecule has 148 valence electrons. The molecule has 0 radical (unpaired) electrons. The van der Waals surface area contributed by atoms with Crippen molar-refractivity contribution in [1.82, 2.24) is 4.90 Å². The van der Waals surface area contributed by atoms with E-state index in [1.54, 1.807) is 39.0 Å². The van der Waals surface area contributed by atoms with Crippen LogP contribution in [0.5, 0.6) is 0 Å². The van der Waals surface area contributed by atoms with Crippen LogP contribution in [0.25, 0.3) is 0 Å². The standard InChI is InChI=1S/C19H26N2O6/c1-18(2,3)27-17(23)20-12-6-8-15(20)16(22)26-13-14-7-5-10-19(4,11-9-14)21(24)25/h5,7,9-11,15H,6,8,12-13H2,1-4H3. The molecule has 1 amide bonds. The molecule has 1 fully saturated rings. The van der Waals surface area contributed by atoms with E-state index in [1.165, 1.54) is 24.0 Å². The second kappa shape index (κ2) is 7.94. The number of rotatable bonds is 4. The van der Waals surface area contributed by atoms with Crippen LogP contribution < -0.4 is 0 Å². The Morgan fingerprint density at radius 3 is 2.70 bits per heavy atom. The number of nitro groups is 1. The third kappa shape index (κ3) is 5.42. The summed E-state index contributed by atoms with van der Waals surface area (Å²) in [4.78, 5) is 36.8. The maximum atomic E-state index is 12.4. The summed E-state index contributed by atoms with van der Waals surface area (Å²) in [5.41, 5.74) is -1.30. The first-order chi connectivity index (χ1) is 12.5. The molecule has 0 aromatic heterocycles. The molecular weight excluding hydrogens is 352 g/mol. The molecule has 0 spiro atoms. The summed E-state index contributed by atoms with van der Waals surface area (Å²) < 4.78 is 10.7. The van der Waals surface area contributed by atoms with Crippen molar-refractivity contribution < 1.29 is 24.0 Å². The van der Waals surface area contributed by atoms with Gasteiger partial charge in [-0.25, -0.2) is 9.59 Å². The van der Waals surface area contributed by atoms with E-state index in [-0.39, 0.29) is 11.5 Å². The molecule has 0 saturated carbocycles. The first-order valence-corrected chi connectivity index (χ1v) is 8.90. The molecule has 0 aromatic rings. The Balaban J connectivity index is 1.95. The molecule has 2 atom stereocenters. The van der Waals surface area contributed by atoms with E-state index in [0.29, 0.717) is 25.0 Å². The molecule has 1 aliphatic carbocycles. The molecule has 2 rings (SSSR count). The van der Waals surface area contributed by atoms with Crippen molar-refractivity contribution in [2.45, 2.75) is 57.7 Å². The lowest BCUT2D eigenvalue weighted by molar-refractivity contribution is -0.535. The van der Waals surface area contributed by atoms with E-state index in [9.17, 15) is 19.7 Å². The number of allylic oxidation sites excluding steroid dienone is 2. The number of nitrogens with zero attached hydrogens (tertiary/aromatic N) is 2. The van der Waals surface area contributed by atoms with Crippen LogP contribution >= 0.6 is 0 Å². The number of hydrogen-bond donors (Lipinski definition) is 0. The maximum absolute atomic E-state index is 12.4. The van der Waals surface area contributed by atoms with E-state index < -0.39 is 29.2 Å². The normalized spacial score (nSPS) is 25.0. The van der Waals surface area contributed by atoms with Gasteiger partial charge in [-0.2, -0.15) is 0 Å². The number of esters is 1. The number of hydrogen-bond acceptors (Lipinski definition) is 6. The lowest BCUT2D eigenvalue weighted by Crippen LogP contribution is -2.44. The van der Waals surface area contributed by atoms with Crippen molar-refractivity contribution in [1.29, 1.82) is 0 Å². The summed E-state index contributed by atoms with van der Waals surface area (Å²) in [6.07, 6.45) is 8.44. The number of carbonyl (C=O) groups is 2. The van der Waals surface area contributed by atoms with Crippen molar-refractivity contribution in [3.63, 3.8) is 0 Å². The topological polar surface area (TPSA) is 99.0 Å². The Labute approximate surface area is 158 Å². The van der Waals surface area contributed by atoms with Gasteiger partial charge in [0.1, 0.15) is 18.2 Å². The quantitative estimate of drug-likeness (QED) is 0.424. The third-order valence-corrected chi connectivity index (χ3v) is 4.31. The molecule has 1 aliphatic heterocycles.